The summed E-state index contributed by atoms with van der Waals surface area (Å²) in [5.74, 6) is 0.789. The molecule has 0 bridgehead atoms. The van der Waals surface area contributed by atoms with E-state index in [0.717, 1.165) is 35.2 Å². The molecule has 1 aliphatic heterocycles. The predicted octanol–water partition coefficient (Wildman–Crippen LogP) is 2.53. The summed E-state index contributed by atoms with van der Waals surface area (Å²) in [4.78, 5) is 13.3. The van der Waals surface area contributed by atoms with E-state index in [9.17, 15) is 4.79 Å². The van der Waals surface area contributed by atoms with Gasteiger partial charge in [0.25, 0.3) is 0 Å². The van der Waals surface area contributed by atoms with Gasteiger partial charge in [0.2, 0.25) is 0 Å². The Bertz CT molecular complexity index is 420. The molecule has 16 heavy (non-hydrogen) atoms. The van der Waals surface area contributed by atoms with Crippen molar-refractivity contribution < 1.29 is 9.53 Å². The first-order chi connectivity index (χ1) is 7.71. The van der Waals surface area contributed by atoms with Crippen LogP contribution < -0.4 is 4.74 Å². The second-order valence-corrected chi connectivity index (χ2v) is 4.74. The predicted molar refractivity (Wildman–Crippen MR) is 65.6 cm³/mol. The van der Waals surface area contributed by atoms with Crippen LogP contribution in [0, 0.1) is 0 Å². The molecule has 0 saturated carbocycles. The molecule has 1 aromatic carbocycles. The number of aldehydes is 1. The topological polar surface area (TPSA) is 29.5 Å². The van der Waals surface area contributed by atoms with Crippen LogP contribution in [0.1, 0.15) is 24.1 Å². The number of benzene rings is 1. The number of ether oxygens (including phenoxy) is 1. The second-order valence-electron chi connectivity index (χ2n) is 3.82. The van der Waals surface area contributed by atoms with Gasteiger partial charge in [0.1, 0.15) is 12.0 Å². The van der Waals surface area contributed by atoms with E-state index in [1.165, 1.54) is 5.56 Å². The number of likely N-dealkylation sites (N-methyl/N-ethyl adjacent to an activating group) is 1. The van der Waals surface area contributed by atoms with E-state index in [0.29, 0.717) is 0 Å². The minimum Gasteiger partial charge on any atom is -0.496 e. The van der Waals surface area contributed by atoms with Gasteiger partial charge < -0.3 is 9.53 Å². The Labute approximate surface area is 104 Å². The van der Waals surface area contributed by atoms with E-state index in [2.05, 4.69) is 33.8 Å². The summed E-state index contributed by atoms with van der Waals surface area (Å²) in [6, 6.07) is 3.81. The Hall–Kier alpha value is -0.870. The number of methoxy groups -OCH3 is 1. The molecule has 0 aliphatic carbocycles. The standard InChI is InChI=1S/C12H14BrNO2/c1-3-14-6-8-4-9(13)5-11(16-2)12(8)10(14)7-15/h4-5,7,10H,3,6H2,1-2H3. The zero-order valence-corrected chi connectivity index (χ0v) is 11.0. The summed E-state index contributed by atoms with van der Waals surface area (Å²) in [5.41, 5.74) is 2.19. The fourth-order valence-electron chi connectivity index (χ4n) is 2.24. The highest BCUT2D eigenvalue weighted by Gasteiger charge is 2.32. The maximum Gasteiger partial charge on any atom is 0.141 e. The lowest BCUT2D eigenvalue weighted by molar-refractivity contribution is -0.112. The van der Waals surface area contributed by atoms with E-state index in [1.54, 1.807) is 7.11 Å². The van der Waals surface area contributed by atoms with E-state index in [-0.39, 0.29) is 6.04 Å². The van der Waals surface area contributed by atoms with E-state index >= 15 is 0 Å². The molecule has 0 radical (unpaired) electrons. The number of hydrogen-bond acceptors (Lipinski definition) is 3. The number of carbonyl (C=O) groups excluding carboxylic acids is 1. The highest BCUT2D eigenvalue weighted by Crippen LogP contribution is 2.40. The molecule has 86 valence electrons. The lowest BCUT2D eigenvalue weighted by atomic mass is 10.0. The van der Waals surface area contributed by atoms with Gasteiger partial charge in [0.15, 0.2) is 0 Å². The van der Waals surface area contributed by atoms with Gasteiger partial charge in [-0.25, -0.2) is 0 Å². The summed E-state index contributed by atoms with van der Waals surface area (Å²) in [7, 11) is 1.64. The van der Waals surface area contributed by atoms with Crippen molar-refractivity contribution in [2.75, 3.05) is 13.7 Å². The Morgan fingerprint density at radius 2 is 2.38 bits per heavy atom. The molecule has 1 unspecified atom stereocenters. The molecule has 4 heteroatoms. The Morgan fingerprint density at radius 3 is 2.94 bits per heavy atom. The van der Waals surface area contributed by atoms with Gasteiger partial charge in [0.05, 0.1) is 13.2 Å². The lowest BCUT2D eigenvalue weighted by Crippen LogP contribution is -2.22. The lowest BCUT2D eigenvalue weighted by Gasteiger charge is -2.18. The van der Waals surface area contributed by atoms with Crippen molar-refractivity contribution in [3.05, 3.63) is 27.7 Å². The molecule has 1 aliphatic rings. The first-order valence-electron chi connectivity index (χ1n) is 5.27. The first kappa shape index (κ1) is 11.6. The summed E-state index contributed by atoms with van der Waals surface area (Å²) in [6.45, 7) is 3.73. The zero-order chi connectivity index (χ0) is 11.7. The van der Waals surface area contributed by atoms with Gasteiger partial charge >= 0.3 is 0 Å². The average molecular weight is 284 g/mol. The van der Waals surface area contributed by atoms with Crippen LogP contribution in [0.5, 0.6) is 5.75 Å². The summed E-state index contributed by atoms with van der Waals surface area (Å²) < 4.78 is 6.34. The van der Waals surface area contributed by atoms with Crippen LogP contribution in [0.15, 0.2) is 16.6 Å². The highest BCUT2D eigenvalue weighted by molar-refractivity contribution is 9.10. The third-order valence-corrected chi connectivity index (χ3v) is 3.47. The molecule has 0 saturated heterocycles. The fourth-order valence-corrected chi connectivity index (χ4v) is 2.73. The number of fused-ring (bicyclic) bond motifs is 1. The molecule has 2 rings (SSSR count). The molecule has 1 atom stereocenters. The van der Waals surface area contributed by atoms with Crippen LogP contribution in [-0.4, -0.2) is 24.8 Å². The molecular weight excluding hydrogens is 270 g/mol. The van der Waals surface area contributed by atoms with Gasteiger partial charge in [-0.2, -0.15) is 0 Å². The van der Waals surface area contributed by atoms with Crippen LogP contribution in [0.2, 0.25) is 0 Å². The molecular formula is C12H14BrNO2. The summed E-state index contributed by atoms with van der Waals surface area (Å²) >= 11 is 3.45. The smallest absolute Gasteiger partial charge is 0.141 e. The molecule has 3 nitrogen and oxygen atoms in total. The molecule has 1 aromatic rings. The number of carbonyl (C=O) groups is 1. The van der Waals surface area contributed by atoms with Crippen molar-refractivity contribution in [3.8, 4) is 5.75 Å². The van der Waals surface area contributed by atoms with Crippen molar-refractivity contribution in [1.82, 2.24) is 4.90 Å². The van der Waals surface area contributed by atoms with E-state index < -0.39 is 0 Å². The summed E-state index contributed by atoms with van der Waals surface area (Å²) in [6.07, 6.45) is 0.992. The summed E-state index contributed by atoms with van der Waals surface area (Å²) in [5, 5.41) is 0. The number of hydrogen-bond donors (Lipinski definition) is 0. The molecule has 0 N–H and O–H groups in total. The van der Waals surface area contributed by atoms with Crippen molar-refractivity contribution in [3.63, 3.8) is 0 Å². The Kier molecular flexibility index (Phi) is 3.30. The highest BCUT2D eigenvalue weighted by atomic mass is 79.9. The third kappa shape index (κ3) is 1.76. The fraction of sp³-hybridized carbons (Fsp3) is 0.417. The van der Waals surface area contributed by atoms with Crippen LogP contribution in [-0.2, 0) is 11.3 Å². The minimum atomic E-state index is -0.164. The normalized spacial score (nSPS) is 19.6. The van der Waals surface area contributed by atoms with Crippen molar-refractivity contribution in [2.24, 2.45) is 0 Å². The molecule has 1 heterocycles. The average Bonchev–Trinajstić information content (AvgIpc) is 2.65. The van der Waals surface area contributed by atoms with Crippen LogP contribution >= 0.6 is 15.9 Å². The van der Waals surface area contributed by atoms with Gasteiger partial charge in [-0.1, -0.05) is 22.9 Å². The van der Waals surface area contributed by atoms with Crippen LogP contribution in [0.4, 0.5) is 0 Å². The minimum absolute atomic E-state index is 0.164. The maximum atomic E-state index is 11.2. The molecule has 0 aromatic heterocycles. The van der Waals surface area contributed by atoms with E-state index in [4.69, 9.17) is 4.74 Å². The largest absolute Gasteiger partial charge is 0.496 e. The molecule has 0 amide bonds. The number of rotatable bonds is 3. The maximum absolute atomic E-state index is 11.2. The van der Waals surface area contributed by atoms with Gasteiger partial charge in [-0.3, -0.25) is 4.90 Å². The van der Waals surface area contributed by atoms with Crippen LogP contribution in [0.3, 0.4) is 0 Å². The SMILES string of the molecule is CCN1Cc2cc(Br)cc(OC)c2C1C=O. The van der Waals surface area contributed by atoms with E-state index in [1.807, 2.05) is 6.07 Å². The zero-order valence-electron chi connectivity index (χ0n) is 9.37. The van der Waals surface area contributed by atoms with Crippen molar-refractivity contribution >= 4 is 22.2 Å². The number of nitrogens with zero attached hydrogens (tertiary/aromatic N) is 1. The van der Waals surface area contributed by atoms with Gasteiger partial charge in [-0.05, 0) is 24.2 Å². The molecule has 0 spiro atoms. The van der Waals surface area contributed by atoms with Gasteiger partial charge in [0, 0.05) is 16.6 Å². The number of halogens is 1. The molecule has 0 fully saturated rings. The van der Waals surface area contributed by atoms with Crippen molar-refractivity contribution in [2.45, 2.75) is 19.5 Å². The van der Waals surface area contributed by atoms with Gasteiger partial charge in [-0.15, -0.1) is 0 Å². The Balaban J connectivity index is 2.53. The second kappa shape index (κ2) is 4.55. The third-order valence-electron chi connectivity index (χ3n) is 3.01. The quantitative estimate of drug-likeness (QED) is 0.799. The monoisotopic (exact) mass is 283 g/mol. The van der Waals surface area contributed by atoms with Crippen LogP contribution in [0.25, 0.3) is 0 Å². The Morgan fingerprint density at radius 1 is 1.62 bits per heavy atom. The van der Waals surface area contributed by atoms with Crippen molar-refractivity contribution in [1.29, 1.82) is 0 Å². The first-order valence-corrected chi connectivity index (χ1v) is 6.06.